The summed E-state index contributed by atoms with van der Waals surface area (Å²) in [5.41, 5.74) is 0.153. The maximum atomic E-state index is 12.2. The molecule has 17 heavy (non-hydrogen) atoms. The minimum atomic E-state index is -4.76. The van der Waals surface area contributed by atoms with Crippen LogP contribution in [0.25, 0.3) is 0 Å². The number of halogens is 3. The van der Waals surface area contributed by atoms with Gasteiger partial charge in [-0.25, -0.2) is 0 Å². The number of ether oxygens (including phenoxy) is 1. The highest BCUT2D eigenvalue weighted by molar-refractivity contribution is 8.00. The Morgan fingerprint density at radius 1 is 1.29 bits per heavy atom. The lowest BCUT2D eigenvalue weighted by molar-refractivity contribution is -0.274. The number of hydrogen-bond donors (Lipinski definition) is 0. The summed E-state index contributed by atoms with van der Waals surface area (Å²) < 4.78 is 40.4. The van der Waals surface area contributed by atoms with Crippen molar-refractivity contribution >= 4 is 23.4 Å². The van der Waals surface area contributed by atoms with E-state index in [1.165, 1.54) is 34.9 Å². The van der Waals surface area contributed by atoms with E-state index in [1.54, 1.807) is 6.07 Å². The zero-order valence-electron chi connectivity index (χ0n) is 8.53. The monoisotopic (exact) mass is 263 g/mol. The molecular formula is C10H8F3NO2S. The molecule has 1 aromatic rings. The highest BCUT2D eigenvalue weighted by Gasteiger charge is 2.34. The number of benzene rings is 1. The van der Waals surface area contributed by atoms with E-state index in [9.17, 15) is 18.0 Å². The van der Waals surface area contributed by atoms with Gasteiger partial charge in [-0.1, -0.05) is 12.1 Å². The van der Waals surface area contributed by atoms with Crippen LogP contribution in [0.3, 0.4) is 0 Å². The lowest BCUT2D eigenvalue weighted by Gasteiger charge is -2.19. The molecular weight excluding hydrogens is 255 g/mol. The molecule has 1 heterocycles. The Morgan fingerprint density at radius 2 is 2.00 bits per heavy atom. The molecule has 3 nitrogen and oxygen atoms in total. The molecule has 0 N–H and O–H groups in total. The van der Waals surface area contributed by atoms with E-state index in [0.717, 1.165) is 0 Å². The van der Waals surface area contributed by atoms with Crippen LogP contribution in [0.1, 0.15) is 0 Å². The van der Waals surface area contributed by atoms with Crippen molar-refractivity contribution < 1.29 is 22.7 Å². The molecule has 0 bridgehead atoms. The van der Waals surface area contributed by atoms with Gasteiger partial charge in [0.15, 0.2) is 5.75 Å². The molecule has 1 aliphatic heterocycles. The lowest BCUT2D eigenvalue weighted by atomic mass is 10.2. The molecule has 2 rings (SSSR count). The molecule has 0 spiro atoms. The molecule has 0 saturated carbocycles. The molecule has 0 unspecified atom stereocenters. The highest BCUT2D eigenvalue weighted by atomic mass is 32.2. The molecule has 1 saturated heterocycles. The Morgan fingerprint density at radius 3 is 2.59 bits per heavy atom. The fraction of sp³-hybridized carbons (Fsp3) is 0.300. The summed E-state index contributed by atoms with van der Waals surface area (Å²) in [6.07, 6.45) is -4.76. The standard InChI is InChI=1S/C10H8F3NO2S/c11-10(12,13)16-8-4-2-1-3-7(8)14-6-17-5-9(14)15/h1-4H,5-6H2. The van der Waals surface area contributed by atoms with Crippen molar-refractivity contribution in [2.24, 2.45) is 0 Å². The summed E-state index contributed by atoms with van der Waals surface area (Å²) in [4.78, 5) is 12.7. The van der Waals surface area contributed by atoms with E-state index in [-0.39, 0.29) is 23.1 Å². The van der Waals surface area contributed by atoms with Crippen molar-refractivity contribution in [3.05, 3.63) is 24.3 Å². The van der Waals surface area contributed by atoms with Gasteiger partial charge in [-0.2, -0.15) is 0 Å². The number of para-hydroxylation sites is 2. The molecule has 7 heteroatoms. The van der Waals surface area contributed by atoms with E-state index >= 15 is 0 Å². The van der Waals surface area contributed by atoms with Crippen LogP contribution in [0.4, 0.5) is 18.9 Å². The Bertz CT molecular complexity index is 436. The minimum absolute atomic E-state index is 0.153. The van der Waals surface area contributed by atoms with E-state index in [0.29, 0.717) is 5.88 Å². The van der Waals surface area contributed by atoms with E-state index in [1.807, 2.05) is 0 Å². The molecule has 1 fully saturated rings. The predicted octanol–water partition coefficient (Wildman–Crippen LogP) is 2.62. The smallest absolute Gasteiger partial charge is 0.404 e. The van der Waals surface area contributed by atoms with Gasteiger partial charge in [0.2, 0.25) is 5.91 Å². The average Bonchev–Trinajstić information content (AvgIpc) is 2.63. The van der Waals surface area contributed by atoms with Gasteiger partial charge in [-0.05, 0) is 12.1 Å². The number of hydrogen-bond acceptors (Lipinski definition) is 3. The summed E-state index contributed by atoms with van der Waals surface area (Å²) in [7, 11) is 0. The Labute approximate surface area is 99.5 Å². The first kappa shape index (κ1) is 12.1. The molecule has 1 amide bonds. The van der Waals surface area contributed by atoms with Crippen molar-refractivity contribution in [3.8, 4) is 5.75 Å². The first-order chi connectivity index (χ1) is 7.97. The zero-order valence-corrected chi connectivity index (χ0v) is 9.35. The van der Waals surface area contributed by atoms with Crippen molar-refractivity contribution in [3.63, 3.8) is 0 Å². The third kappa shape index (κ3) is 2.85. The van der Waals surface area contributed by atoms with Crippen molar-refractivity contribution in [2.75, 3.05) is 16.5 Å². The molecule has 0 radical (unpaired) electrons. The van der Waals surface area contributed by atoms with Crippen LogP contribution in [-0.2, 0) is 4.79 Å². The highest BCUT2D eigenvalue weighted by Crippen LogP contribution is 2.35. The van der Waals surface area contributed by atoms with Crippen LogP contribution in [0, 0.1) is 0 Å². The van der Waals surface area contributed by atoms with E-state index < -0.39 is 6.36 Å². The topological polar surface area (TPSA) is 29.5 Å². The number of amides is 1. The largest absolute Gasteiger partial charge is 0.573 e. The maximum absolute atomic E-state index is 12.2. The number of rotatable bonds is 2. The normalized spacial score (nSPS) is 16.4. The first-order valence-corrected chi connectivity index (χ1v) is 5.86. The second-order valence-electron chi connectivity index (χ2n) is 3.31. The van der Waals surface area contributed by atoms with Gasteiger partial charge >= 0.3 is 6.36 Å². The quantitative estimate of drug-likeness (QED) is 0.821. The van der Waals surface area contributed by atoms with Gasteiger partial charge < -0.3 is 4.74 Å². The van der Waals surface area contributed by atoms with Crippen molar-refractivity contribution in [1.82, 2.24) is 0 Å². The minimum Gasteiger partial charge on any atom is -0.404 e. The van der Waals surface area contributed by atoms with Crippen molar-refractivity contribution in [1.29, 1.82) is 0 Å². The molecule has 0 atom stereocenters. The second-order valence-corrected chi connectivity index (χ2v) is 4.27. The molecule has 0 aromatic heterocycles. The third-order valence-electron chi connectivity index (χ3n) is 2.13. The van der Waals surface area contributed by atoms with Gasteiger partial charge in [-0.3, -0.25) is 9.69 Å². The van der Waals surface area contributed by atoms with E-state index in [4.69, 9.17) is 0 Å². The van der Waals surface area contributed by atoms with Gasteiger partial charge in [0.25, 0.3) is 0 Å². The van der Waals surface area contributed by atoms with Crippen LogP contribution in [0.15, 0.2) is 24.3 Å². The van der Waals surface area contributed by atoms with E-state index in [2.05, 4.69) is 4.74 Å². The molecule has 0 aliphatic carbocycles. The van der Waals surface area contributed by atoms with Crippen LogP contribution >= 0.6 is 11.8 Å². The fourth-order valence-electron chi connectivity index (χ4n) is 1.47. The molecule has 92 valence electrons. The number of nitrogens with zero attached hydrogens (tertiary/aromatic N) is 1. The summed E-state index contributed by atoms with van der Waals surface area (Å²) in [6.45, 7) is 0. The fourth-order valence-corrected chi connectivity index (χ4v) is 2.36. The summed E-state index contributed by atoms with van der Waals surface area (Å²) >= 11 is 1.35. The first-order valence-electron chi connectivity index (χ1n) is 4.70. The molecule has 1 aliphatic rings. The van der Waals surface area contributed by atoms with Gasteiger partial charge in [0.05, 0.1) is 17.3 Å². The van der Waals surface area contributed by atoms with Gasteiger partial charge in [0, 0.05) is 0 Å². The number of thioether (sulfide) groups is 1. The average molecular weight is 263 g/mol. The lowest BCUT2D eigenvalue weighted by Crippen LogP contribution is -2.27. The number of alkyl halides is 3. The third-order valence-corrected chi connectivity index (χ3v) is 3.02. The summed E-state index contributed by atoms with van der Waals surface area (Å²) in [5.74, 6) is 0.0568. The van der Waals surface area contributed by atoms with Crippen LogP contribution < -0.4 is 9.64 Å². The summed E-state index contributed by atoms with van der Waals surface area (Å²) in [5, 5.41) is 0. The van der Waals surface area contributed by atoms with Crippen LogP contribution in [0.2, 0.25) is 0 Å². The zero-order chi connectivity index (χ0) is 12.5. The van der Waals surface area contributed by atoms with Gasteiger partial charge in [0.1, 0.15) is 0 Å². The SMILES string of the molecule is O=C1CSCN1c1ccccc1OC(F)(F)F. The van der Waals surface area contributed by atoms with Crippen LogP contribution in [-0.4, -0.2) is 23.9 Å². The second kappa shape index (κ2) is 4.48. The number of anilines is 1. The number of carbonyl (C=O) groups is 1. The maximum Gasteiger partial charge on any atom is 0.573 e. The molecule has 1 aromatic carbocycles. The van der Waals surface area contributed by atoms with Gasteiger partial charge in [-0.15, -0.1) is 24.9 Å². The Hall–Kier alpha value is -1.37. The summed E-state index contributed by atoms with van der Waals surface area (Å²) in [6, 6.07) is 5.62. The number of carbonyl (C=O) groups excluding carboxylic acids is 1. The Kier molecular flexibility index (Phi) is 3.19. The van der Waals surface area contributed by atoms with Crippen molar-refractivity contribution in [2.45, 2.75) is 6.36 Å². The Balaban J connectivity index is 2.30. The van der Waals surface area contributed by atoms with Crippen LogP contribution in [0.5, 0.6) is 5.75 Å². The predicted molar refractivity (Wildman–Crippen MR) is 57.9 cm³/mol.